The minimum atomic E-state index is -0.771. The topological polar surface area (TPSA) is 9.23 Å². The summed E-state index contributed by atoms with van der Waals surface area (Å²) in [4.78, 5) is 0. The molecule has 0 N–H and O–H groups in total. The van der Waals surface area contributed by atoms with Gasteiger partial charge in [-0.1, -0.05) is 96.3 Å². The molecule has 0 rings (SSSR count). The number of unbranched alkanes of at least 4 members (excludes halogenated alkanes) is 16. The van der Waals surface area contributed by atoms with Gasteiger partial charge in [0.05, 0.1) is 0 Å². The maximum atomic E-state index is 5.71. The molecule has 0 saturated heterocycles. The third-order valence-corrected chi connectivity index (χ3v) is 5.97. The first-order valence-electron chi connectivity index (χ1n) is 11.0. The molecule has 0 unspecified atom stereocenters. The van der Waals surface area contributed by atoms with Crippen molar-refractivity contribution in [1.29, 1.82) is 0 Å². The van der Waals surface area contributed by atoms with Gasteiger partial charge in [0.2, 0.25) is 0 Å². The molecule has 0 aliphatic carbocycles. The van der Waals surface area contributed by atoms with Crippen LogP contribution in [-0.2, 0) is 4.43 Å². The normalized spacial score (nSPS) is 11.5. The van der Waals surface area contributed by atoms with E-state index in [4.69, 9.17) is 4.43 Å². The van der Waals surface area contributed by atoms with Crippen molar-refractivity contribution in [1.82, 2.24) is 0 Å². The second-order valence-corrected chi connectivity index (χ2v) is 10.5. The van der Waals surface area contributed by atoms with Gasteiger partial charge >= 0.3 is 0 Å². The molecule has 0 amide bonds. The van der Waals surface area contributed by atoms with Gasteiger partial charge in [-0.05, 0) is 31.7 Å². The van der Waals surface area contributed by atoms with Crippen molar-refractivity contribution in [3.8, 4) is 0 Å². The van der Waals surface area contributed by atoms with E-state index in [1.165, 1.54) is 109 Å². The van der Waals surface area contributed by atoms with Crippen LogP contribution >= 0.6 is 12.6 Å². The lowest BCUT2D eigenvalue weighted by molar-refractivity contribution is 0.311. The van der Waals surface area contributed by atoms with Crippen LogP contribution in [0.3, 0.4) is 0 Å². The van der Waals surface area contributed by atoms with Crippen LogP contribution in [0.5, 0.6) is 0 Å². The van der Waals surface area contributed by atoms with Crippen LogP contribution in [0, 0.1) is 0 Å². The summed E-state index contributed by atoms with van der Waals surface area (Å²) in [5.74, 6) is 1.06. The molecule has 0 atom stereocenters. The van der Waals surface area contributed by atoms with Crippen molar-refractivity contribution < 1.29 is 4.43 Å². The summed E-state index contributed by atoms with van der Waals surface area (Å²) in [5.41, 5.74) is 0. The Balaban J connectivity index is 2.95. The minimum absolute atomic E-state index is 0.771. The Morgan fingerprint density at radius 2 is 0.792 bits per heavy atom. The zero-order valence-electron chi connectivity index (χ0n) is 16.9. The van der Waals surface area contributed by atoms with E-state index in [2.05, 4.69) is 25.7 Å². The van der Waals surface area contributed by atoms with Crippen LogP contribution in [0.4, 0.5) is 0 Å². The van der Waals surface area contributed by atoms with E-state index >= 15 is 0 Å². The summed E-state index contributed by atoms with van der Waals surface area (Å²) in [6, 6.07) is 0. The Morgan fingerprint density at radius 3 is 1.08 bits per heavy atom. The fraction of sp³-hybridized carbons (Fsp3) is 1.00. The molecule has 0 aliphatic heterocycles. The van der Waals surface area contributed by atoms with Gasteiger partial charge < -0.3 is 4.43 Å². The minimum Gasteiger partial charge on any atom is -0.421 e. The Morgan fingerprint density at radius 1 is 0.500 bits per heavy atom. The first-order valence-corrected chi connectivity index (χ1v) is 14.4. The molecule has 0 aliphatic rings. The maximum absolute atomic E-state index is 5.71. The molecule has 0 aromatic rings. The number of thiol groups is 1. The van der Waals surface area contributed by atoms with Crippen LogP contribution < -0.4 is 0 Å². The third-order valence-electron chi connectivity index (χ3n) is 4.75. The first-order chi connectivity index (χ1) is 11.8. The van der Waals surface area contributed by atoms with Gasteiger partial charge in [0, 0.05) is 6.61 Å². The van der Waals surface area contributed by atoms with Gasteiger partial charge in [-0.3, -0.25) is 0 Å². The van der Waals surface area contributed by atoms with Crippen LogP contribution in [-0.4, -0.2) is 21.4 Å². The molecule has 0 fully saturated rings. The predicted molar refractivity (Wildman–Crippen MR) is 117 cm³/mol. The number of hydrogen-bond donors (Lipinski definition) is 1. The molecule has 0 saturated carbocycles. The van der Waals surface area contributed by atoms with E-state index in [0.717, 1.165) is 12.4 Å². The fourth-order valence-corrected chi connectivity index (χ4v) is 4.05. The molecular formula is C21H46OSSi. The average Bonchev–Trinajstić information content (AvgIpc) is 2.56. The van der Waals surface area contributed by atoms with Crippen molar-refractivity contribution in [3.63, 3.8) is 0 Å². The quantitative estimate of drug-likeness (QED) is 0.131. The van der Waals surface area contributed by atoms with Crippen LogP contribution in [0.1, 0.15) is 109 Å². The first kappa shape index (κ1) is 24.5. The van der Waals surface area contributed by atoms with Crippen molar-refractivity contribution in [2.45, 2.75) is 122 Å². The van der Waals surface area contributed by atoms with E-state index in [9.17, 15) is 0 Å². The van der Waals surface area contributed by atoms with Crippen molar-refractivity contribution >= 4 is 21.7 Å². The van der Waals surface area contributed by atoms with E-state index < -0.39 is 9.04 Å². The highest BCUT2D eigenvalue weighted by molar-refractivity contribution is 7.80. The molecule has 0 radical (unpaired) electrons. The molecule has 0 aromatic heterocycles. The molecule has 0 heterocycles. The van der Waals surface area contributed by atoms with E-state index in [0.29, 0.717) is 0 Å². The summed E-state index contributed by atoms with van der Waals surface area (Å²) in [6.07, 6.45) is 24.2. The Hall–Kier alpha value is 0.527. The van der Waals surface area contributed by atoms with Crippen LogP contribution in [0.25, 0.3) is 0 Å². The highest BCUT2D eigenvalue weighted by Gasteiger charge is 1.96. The highest BCUT2D eigenvalue weighted by Crippen LogP contribution is 2.14. The van der Waals surface area contributed by atoms with Gasteiger partial charge in [0.25, 0.3) is 0 Å². The molecule has 0 aromatic carbocycles. The lowest BCUT2D eigenvalue weighted by Gasteiger charge is -2.06. The van der Waals surface area contributed by atoms with E-state index in [-0.39, 0.29) is 0 Å². The molecule has 24 heavy (non-hydrogen) atoms. The average molecular weight is 375 g/mol. The Bertz CT molecular complexity index is 224. The molecule has 1 nitrogen and oxygen atoms in total. The predicted octanol–water partition coefficient (Wildman–Crippen LogP) is 7.55. The van der Waals surface area contributed by atoms with Crippen LogP contribution in [0.15, 0.2) is 0 Å². The zero-order chi connectivity index (χ0) is 17.7. The number of hydrogen-bond acceptors (Lipinski definition) is 2. The maximum Gasteiger partial charge on any atom is 0.170 e. The van der Waals surface area contributed by atoms with E-state index in [1.54, 1.807) is 0 Å². The summed E-state index contributed by atoms with van der Waals surface area (Å²) < 4.78 is 5.71. The van der Waals surface area contributed by atoms with Gasteiger partial charge in [-0.2, -0.15) is 12.6 Å². The second kappa shape index (κ2) is 21.6. The van der Waals surface area contributed by atoms with Gasteiger partial charge in [-0.15, -0.1) is 0 Å². The van der Waals surface area contributed by atoms with Gasteiger partial charge in [0.15, 0.2) is 9.04 Å². The monoisotopic (exact) mass is 374 g/mol. The van der Waals surface area contributed by atoms with Gasteiger partial charge in [-0.25, -0.2) is 0 Å². The summed E-state index contributed by atoms with van der Waals surface area (Å²) in [5, 5.41) is 0. The standard InChI is InChI=1S/C21H46OSSi/c1-24(2)22-20-18-16-14-12-10-8-6-4-3-5-7-9-11-13-15-17-19-21-23/h23-24H,3-21H2,1-2H3. The van der Waals surface area contributed by atoms with Crippen molar-refractivity contribution in [2.75, 3.05) is 12.4 Å². The fourth-order valence-electron chi connectivity index (χ4n) is 3.18. The lowest BCUT2D eigenvalue weighted by atomic mass is 10.0. The number of rotatable bonds is 20. The zero-order valence-corrected chi connectivity index (χ0v) is 18.9. The van der Waals surface area contributed by atoms with Crippen molar-refractivity contribution in [2.24, 2.45) is 0 Å². The molecule has 0 bridgehead atoms. The highest BCUT2D eigenvalue weighted by atomic mass is 32.1. The molecule has 0 spiro atoms. The lowest BCUT2D eigenvalue weighted by Crippen LogP contribution is -2.08. The molecule has 3 heteroatoms. The summed E-state index contributed by atoms with van der Waals surface area (Å²) in [7, 11) is -0.771. The third kappa shape index (κ3) is 22.5. The summed E-state index contributed by atoms with van der Waals surface area (Å²) in [6.45, 7) is 5.53. The van der Waals surface area contributed by atoms with Gasteiger partial charge in [0.1, 0.15) is 0 Å². The van der Waals surface area contributed by atoms with E-state index in [1.807, 2.05) is 0 Å². The van der Waals surface area contributed by atoms with Crippen LogP contribution in [0.2, 0.25) is 13.1 Å². The molecular weight excluding hydrogens is 328 g/mol. The SMILES string of the molecule is C[SiH](C)OCCCCCCCCCCCCCCCCCCCS. The largest absolute Gasteiger partial charge is 0.421 e. The Kier molecular flexibility index (Phi) is 22.0. The molecule has 146 valence electrons. The smallest absolute Gasteiger partial charge is 0.170 e. The Labute approximate surface area is 160 Å². The summed E-state index contributed by atoms with van der Waals surface area (Å²) >= 11 is 4.26. The second-order valence-electron chi connectivity index (χ2n) is 7.65. The van der Waals surface area contributed by atoms with Crippen molar-refractivity contribution in [3.05, 3.63) is 0 Å².